The highest BCUT2D eigenvalue weighted by atomic mass is 35.5. The SMILES string of the molecule is CCCC1COC(c2cc(F)c3c(c2)COC(Cl)C3)OC1. The van der Waals surface area contributed by atoms with E-state index in [0.29, 0.717) is 37.7 Å². The lowest BCUT2D eigenvalue weighted by atomic mass is 9.98. The largest absolute Gasteiger partial charge is 0.357 e. The van der Waals surface area contributed by atoms with Crippen molar-refractivity contribution in [2.45, 2.75) is 44.6 Å². The molecule has 1 fully saturated rings. The van der Waals surface area contributed by atoms with Gasteiger partial charge in [-0.25, -0.2) is 4.39 Å². The lowest BCUT2D eigenvalue weighted by Crippen LogP contribution is -2.27. The first-order chi connectivity index (χ1) is 10.2. The maximum atomic E-state index is 14.2. The van der Waals surface area contributed by atoms with Crippen molar-refractivity contribution in [3.8, 4) is 0 Å². The Kier molecular flexibility index (Phi) is 4.79. The van der Waals surface area contributed by atoms with Gasteiger partial charge >= 0.3 is 0 Å². The van der Waals surface area contributed by atoms with Gasteiger partial charge in [-0.05, 0) is 29.7 Å². The van der Waals surface area contributed by atoms with Crippen LogP contribution in [0.15, 0.2) is 12.1 Å². The first-order valence-electron chi connectivity index (χ1n) is 7.47. The number of benzene rings is 1. The zero-order valence-electron chi connectivity index (χ0n) is 12.1. The fourth-order valence-corrected chi connectivity index (χ4v) is 3.14. The third-order valence-corrected chi connectivity index (χ3v) is 4.31. The minimum absolute atomic E-state index is 0.251. The Morgan fingerprint density at radius 2 is 2.00 bits per heavy atom. The van der Waals surface area contributed by atoms with Crippen LogP contribution in [-0.4, -0.2) is 18.8 Å². The summed E-state index contributed by atoms with van der Waals surface area (Å²) in [6, 6.07) is 3.41. The van der Waals surface area contributed by atoms with Gasteiger partial charge in [0, 0.05) is 17.9 Å². The smallest absolute Gasteiger partial charge is 0.183 e. The Hall–Kier alpha value is -0.680. The summed E-state index contributed by atoms with van der Waals surface area (Å²) in [5.74, 6) is 0.188. The van der Waals surface area contributed by atoms with E-state index in [1.807, 2.05) is 6.07 Å². The van der Waals surface area contributed by atoms with Crippen molar-refractivity contribution in [1.29, 1.82) is 0 Å². The molecule has 0 amide bonds. The van der Waals surface area contributed by atoms with E-state index in [1.54, 1.807) is 0 Å². The zero-order chi connectivity index (χ0) is 14.8. The van der Waals surface area contributed by atoms with E-state index in [1.165, 1.54) is 6.07 Å². The van der Waals surface area contributed by atoms with E-state index in [-0.39, 0.29) is 5.82 Å². The summed E-state index contributed by atoms with van der Waals surface area (Å²) in [5, 5.41) is 0. The molecule has 3 nitrogen and oxygen atoms in total. The second-order valence-electron chi connectivity index (χ2n) is 5.72. The average Bonchev–Trinajstić information content (AvgIpc) is 2.49. The average molecular weight is 315 g/mol. The molecule has 2 heterocycles. The molecule has 0 aliphatic carbocycles. The summed E-state index contributed by atoms with van der Waals surface area (Å²) >= 11 is 5.91. The molecular formula is C16H20ClFO3. The summed E-state index contributed by atoms with van der Waals surface area (Å²) in [5.41, 5.74) is 1.75. The van der Waals surface area contributed by atoms with Crippen molar-refractivity contribution in [1.82, 2.24) is 0 Å². The number of alkyl halides is 1. The number of hydrogen-bond donors (Lipinski definition) is 0. The maximum Gasteiger partial charge on any atom is 0.183 e. The van der Waals surface area contributed by atoms with Gasteiger partial charge in [0.25, 0.3) is 0 Å². The van der Waals surface area contributed by atoms with Crippen LogP contribution in [0.3, 0.4) is 0 Å². The zero-order valence-corrected chi connectivity index (χ0v) is 12.9. The second-order valence-corrected chi connectivity index (χ2v) is 6.21. The van der Waals surface area contributed by atoms with Crippen LogP contribution in [0.5, 0.6) is 0 Å². The molecule has 0 radical (unpaired) electrons. The normalized spacial score (nSPS) is 29.2. The summed E-state index contributed by atoms with van der Waals surface area (Å²) < 4.78 is 31.1. The number of halogens is 2. The van der Waals surface area contributed by atoms with Crippen molar-refractivity contribution in [2.24, 2.45) is 5.92 Å². The topological polar surface area (TPSA) is 27.7 Å². The van der Waals surface area contributed by atoms with E-state index in [9.17, 15) is 4.39 Å². The monoisotopic (exact) mass is 314 g/mol. The molecular weight excluding hydrogens is 295 g/mol. The molecule has 1 atom stereocenters. The van der Waals surface area contributed by atoms with Gasteiger partial charge in [-0.2, -0.15) is 0 Å². The molecule has 1 aromatic carbocycles. The maximum absolute atomic E-state index is 14.2. The molecule has 0 bridgehead atoms. The first kappa shape index (κ1) is 15.2. The van der Waals surface area contributed by atoms with Crippen LogP contribution in [0.2, 0.25) is 0 Å². The third-order valence-electron chi connectivity index (χ3n) is 4.03. The quantitative estimate of drug-likeness (QED) is 0.791. The minimum Gasteiger partial charge on any atom is -0.357 e. The Morgan fingerprint density at radius 1 is 1.24 bits per heavy atom. The van der Waals surface area contributed by atoms with Gasteiger partial charge in [-0.3, -0.25) is 0 Å². The Bertz CT molecular complexity index is 501. The molecule has 0 aromatic heterocycles. The highest BCUT2D eigenvalue weighted by molar-refractivity contribution is 6.19. The number of fused-ring (bicyclic) bond motifs is 1. The van der Waals surface area contributed by atoms with Gasteiger partial charge < -0.3 is 14.2 Å². The predicted octanol–water partition coefficient (Wildman–Crippen LogP) is 3.93. The number of ether oxygens (including phenoxy) is 3. The standard InChI is InChI=1S/C16H20ClFO3/c1-2-3-10-7-20-16(21-8-10)11-4-12-9-19-15(17)6-13(12)14(18)5-11/h4-5,10,15-16H,2-3,6-9H2,1H3. The van der Waals surface area contributed by atoms with Gasteiger partial charge in [0.15, 0.2) is 6.29 Å². The third kappa shape index (κ3) is 3.39. The van der Waals surface area contributed by atoms with Crippen LogP contribution < -0.4 is 0 Å². The molecule has 2 aliphatic heterocycles. The van der Waals surface area contributed by atoms with Crippen LogP contribution >= 0.6 is 11.6 Å². The molecule has 116 valence electrons. The molecule has 0 spiro atoms. The van der Waals surface area contributed by atoms with E-state index < -0.39 is 11.9 Å². The molecule has 0 N–H and O–H groups in total. The summed E-state index contributed by atoms with van der Waals surface area (Å²) in [4.78, 5) is 0. The van der Waals surface area contributed by atoms with Gasteiger partial charge in [-0.1, -0.05) is 24.9 Å². The Labute approximate surface area is 129 Å². The lowest BCUT2D eigenvalue weighted by Gasteiger charge is -2.30. The van der Waals surface area contributed by atoms with Crippen LogP contribution in [0, 0.1) is 11.7 Å². The van der Waals surface area contributed by atoms with Crippen molar-refractivity contribution < 1.29 is 18.6 Å². The second kappa shape index (κ2) is 6.61. The molecule has 1 saturated heterocycles. The highest BCUT2D eigenvalue weighted by Gasteiger charge is 2.27. The van der Waals surface area contributed by atoms with Crippen molar-refractivity contribution >= 4 is 11.6 Å². The van der Waals surface area contributed by atoms with Gasteiger partial charge in [0.1, 0.15) is 11.4 Å². The van der Waals surface area contributed by atoms with E-state index >= 15 is 0 Å². The van der Waals surface area contributed by atoms with E-state index in [0.717, 1.165) is 24.0 Å². The summed E-state index contributed by atoms with van der Waals surface area (Å²) in [7, 11) is 0. The fourth-order valence-electron chi connectivity index (χ4n) is 2.92. The van der Waals surface area contributed by atoms with Crippen LogP contribution in [-0.2, 0) is 27.2 Å². The fraction of sp³-hybridized carbons (Fsp3) is 0.625. The predicted molar refractivity (Wildman–Crippen MR) is 77.6 cm³/mol. The molecule has 5 heteroatoms. The van der Waals surface area contributed by atoms with Crippen molar-refractivity contribution in [3.63, 3.8) is 0 Å². The molecule has 1 aromatic rings. The van der Waals surface area contributed by atoms with Gasteiger partial charge in [-0.15, -0.1) is 0 Å². The number of hydrogen-bond acceptors (Lipinski definition) is 3. The summed E-state index contributed by atoms with van der Waals surface area (Å²) in [6.07, 6.45) is 2.13. The van der Waals surface area contributed by atoms with Gasteiger partial charge in [0.05, 0.1) is 19.8 Å². The lowest BCUT2D eigenvalue weighted by molar-refractivity contribution is -0.206. The molecule has 2 aliphatic rings. The minimum atomic E-state index is -0.480. The van der Waals surface area contributed by atoms with E-state index in [2.05, 4.69) is 6.92 Å². The van der Waals surface area contributed by atoms with E-state index in [4.69, 9.17) is 25.8 Å². The van der Waals surface area contributed by atoms with Crippen LogP contribution in [0.25, 0.3) is 0 Å². The summed E-state index contributed by atoms with van der Waals surface area (Å²) in [6.45, 7) is 3.81. The first-order valence-corrected chi connectivity index (χ1v) is 7.91. The molecule has 1 unspecified atom stereocenters. The number of rotatable bonds is 3. The van der Waals surface area contributed by atoms with Crippen molar-refractivity contribution in [2.75, 3.05) is 13.2 Å². The Balaban J connectivity index is 1.74. The molecule has 21 heavy (non-hydrogen) atoms. The molecule has 0 saturated carbocycles. The van der Waals surface area contributed by atoms with Crippen LogP contribution in [0.1, 0.15) is 42.7 Å². The van der Waals surface area contributed by atoms with Crippen LogP contribution in [0.4, 0.5) is 4.39 Å². The van der Waals surface area contributed by atoms with Gasteiger partial charge in [0.2, 0.25) is 0 Å². The van der Waals surface area contributed by atoms with Crippen molar-refractivity contribution in [3.05, 3.63) is 34.6 Å². The highest BCUT2D eigenvalue weighted by Crippen LogP contribution is 2.32. The molecule has 3 rings (SSSR count). The Morgan fingerprint density at radius 3 is 2.71 bits per heavy atom.